The van der Waals surface area contributed by atoms with Gasteiger partial charge in [0.1, 0.15) is 0 Å². The molecule has 0 heterocycles. The van der Waals surface area contributed by atoms with Gasteiger partial charge in [0, 0.05) is 16.0 Å². The van der Waals surface area contributed by atoms with E-state index in [2.05, 4.69) is 13.8 Å². The molecule has 0 bridgehead atoms. The van der Waals surface area contributed by atoms with Crippen molar-refractivity contribution in [2.24, 2.45) is 0 Å². The van der Waals surface area contributed by atoms with Crippen LogP contribution in [-0.4, -0.2) is 0 Å². The van der Waals surface area contributed by atoms with Crippen LogP contribution in [0.1, 0.15) is 32.3 Å². The fourth-order valence-electron chi connectivity index (χ4n) is 1.33. The van der Waals surface area contributed by atoms with Crippen molar-refractivity contribution >= 4 is 23.2 Å². The van der Waals surface area contributed by atoms with Gasteiger partial charge in [0.15, 0.2) is 0 Å². The van der Waals surface area contributed by atoms with Gasteiger partial charge in [-0.25, -0.2) is 0 Å². The summed E-state index contributed by atoms with van der Waals surface area (Å²) in [4.78, 5) is 0. The summed E-state index contributed by atoms with van der Waals surface area (Å²) in [5.74, 6) is 1.30. The summed E-state index contributed by atoms with van der Waals surface area (Å²) < 4.78 is 0. The lowest BCUT2D eigenvalue weighted by Gasteiger charge is -2.11. The van der Waals surface area contributed by atoms with Crippen LogP contribution in [0.25, 0.3) is 0 Å². The SMILES string of the molecule is CCC[C](C)c1cc(Cl)ccc1Cl. The highest BCUT2D eigenvalue weighted by atomic mass is 35.5. The Morgan fingerprint density at radius 1 is 1.31 bits per heavy atom. The maximum Gasteiger partial charge on any atom is 0.0444 e. The summed E-state index contributed by atoms with van der Waals surface area (Å²) in [6, 6.07) is 5.58. The third kappa shape index (κ3) is 2.89. The van der Waals surface area contributed by atoms with Crippen molar-refractivity contribution in [2.75, 3.05) is 0 Å². The molecule has 1 rings (SSSR count). The summed E-state index contributed by atoms with van der Waals surface area (Å²) >= 11 is 11.9. The topological polar surface area (TPSA) is 0 Å². The molecule has 0 saturated carbocycles. The number of halogens is 2. The molecule has 1 radical (unpaired) electrons. The Kier molecular flexibility index (Phi) is 4.08. The molecule has 1 aromatic rings. The van der Waals surface area contributed by atoms with Gasteiger partial charge in [0.05, 0.1) is 0 Å². The molecule has 0 saturated heterocycles. The predicted molar refractivity (Wildman–Crippen MR) is 59.4 cm³/mol. The molecule has 0 N–H and O–H groups in total. The number of rotatable bonds is 3. The van der Waals surface area contributed by atoms with Crippen molar-refractivity contribution in [2.45, 2.75) is 26.7 Å². The van der Waals surface area contributed by atoms with E-state index in [1.54, 1.807) is 0 Å². The van der Waals surface area contributed by atoms with Crippen LogP contribution in [0.2, 0.25) is 10.0 Å². The number of hydrogen-bond acceptors (Lipinski definition) is 0. The summed E-state index contributed by atoms with van der Waals surface area (Å²) in [6.45, 7) is 4.25. The van der Waals surface area contributed by atoms with E-state index in [1.165, 1.54) is 5.92 Å². The summed E-state index contributed by atoms with van der Waals surface area (Å²) in [5, 5.41) is 1.53. The molecule has 0 aromatic heterocycles. The molecule has 0 aliphatic heterocycles. The summed E-state index contributed by atoms with van der Waals surface area (Å²) in [6.07, 6.45) is 2.20. The van der Waals surface area contributed by atoms with E-state index in [-0.39, 0.29) is 0 Å². The predicted octanol–water partition coefficient (Wildman–Crippen LogP) is 4.74. The van der Waals surface area contributed by atoms with Crippen molar-refractivity contribution in [3.8, 4) is 0 Å². The molecular formula is C11H13Cl2. The molecule has 0 amide bonds. The van der Waals surface area contributed by atoms with E-state index in [0.29, 0.717) is 0 Å². The van der Waals surface area contributed by atoms with Crippen molar-refractivity contribution in [3.63, 3.8) is 0 Å². The van der Waals surface area contributed by atoms with Gasteiger partial charge in [-0.3, -0.25) is 0 Å². The first-order valence-electron chi connectivity index (χ1n) is 4.43. The van der Waals surface area contributed by atoms with Gasteiger partial charge in [-0.2, -0.15) is 0 Å². The Labute approximate surface area is 89.9 Å². The maximum absolute atomic E-state index is 6.05. The molecule has 0 aliphatic carbocycles. The van der Waals surface area contributed by atoms with Gasteiger partial charge in [0.25, 0.3) is 0 Å². The van der Waals surface area contributed by atoms with Crippen molar-refractivity contribution in [3.05, 3.63) is 39.7 Å². The normalized spacial score (nSPS) is 10.8. The van der Waals surface area contributed by atoms with Gasteiger partial charge < -0.3 is 0 Å². The minimum absolute atomic E-state index is 0.745. The fourth-order valence-corrected chi connectivity index (χ4v) is 1.79. The van der Waals surface area contributed by atoms with E-state index in [9.17, 15) is 0 Å². The number of hydrogen-bond donors (Lipinski definition) is 0. The van der Waals surface area contributed by atoms with Gasteiger partial charge >= 0.3 is 0 Å². The third-order valence-corrected chi connectivity index (χ3v) is 2.58. The molecule has 13 heavy (non-hydrogen) atoms. The molecule has 0 atom stereocenters. The molecule has 0 unspecified atom stereocenters. The highest BCUT2D eigenvalue weighted by Gasteiger charge is 2.09. The molecule has 0 aliphatic rings. The average molecular weight is 216 g/mol. The van der Waals surface area contributed by atoms with E-state index in [4.69, 9.17) is 23.2 Å². The zero-order valence-electron chi connectivity index (χ0n) is 7.90. The van der Waals surface area contributed by atoms with E-state index >= 15 is 0 Å². The molecule has 0 spiro atoms. The van der Waals surface area contributed by atoms with Crippen LogP contribution in [0.15, 0.2) is 18.2 Å². The third-order valence-electron chi connectivity index (χ3n) is 2.01. The van der Waals surface area contributed by atoms with Crippen LogP contribution in [0.3, 0.4) is 0 Å². The molecule has 0 nitrogen and oxygen atoms in total. The Hall–Kier alpha value is -0.200. The highest BCUT2D eigenvalue weighted by molar-refractivity contribution is 6.33. The van der Waals surface area contributed by atoms with Crippen molar-refractivity contribution in [1.29, 1.82) is 0 Å². The Balaban J connectivity index is 2.91. The first kappa shape index (κ1) is 10.9. The second-order valence-electron chi connectivity index (χ2n) is 3.15. The van der Waals surface area contributed by atoms with Crippen LogP contribution < -0.4 is 0 Å². The standard InChI is InChI=1S/C11H13Cl2/c1-3-4-8(2)10-7-9(12)5-6-11(10)13/h5-7H,3-4H2,1-2H3. The highest BCUT2D eigenvalue weighted by Crippen LogP contribution is 2.29. The quantitative estimate of drug-likeness (QED) is 0.684. The largest absolute Gasteiger partial charge is 0.0843 e. The Morgan fingerprint density at radius 2 is 2.00 bits per heavy atom. The number of benzene rings is 1. The van der Waals surface area contributed by atoms with Crippen LogP contribution in [-0.2, 0) is 0 Å². The second kappa shape index (κ2) is 4.88. The van der Waals surface area contributed by atoms with Crippen LogP contribution in [0.4, 0.5) is 0 Å². The van der Waals surface area contributed by atoms with Gasteiger partial charge in [-0.05, 0) is 30.2 Å². The van der Waals surface area contributed by atoms with Gasteiger partial charge in [-0.15, -0.1) is 0 Å². The minimum Gasteiger partial charge on any atom is -0.0843 e. The molecule has 71 valence electrons. The zero-order valence-corrected chi connectivity index (χ0v) is 9.41. The average Bonchev–Trinajstić information content (AvgIpc) is 2.09. The first-order chi connectivity index (χ1) is 6.15. The van der Waals surface area contributed by atoms with Gasteiger partial charge in [0.2, 0.25) is 0 Å². The lowest BCUT2D eigenvalue weighted by Crippen LogP contribution is -1.94. The lowest BCUT2D eigenvalue weighted by molar-refractivity contribution is 0.829. The Morgan fingerprint density at radius 3 is 2.62 bits per heavy atom. The van der Waals surface area contributed by atoms with Crippen LogP contribution >= 0.6 is 23.2 Å². The van der Waals surface area contributed by atoms with E-state index in [0.717, 1.165) is 28.5 Å². The first-order valence-corrected chi connectivity index (χ1v) is 5.18. The molecule has 2 heteroatoms. The molecular weight excluding hydrogens is 203 g/mol. The molecule has 1 aromatic carbocycles. The van der Waals surface area contributed by atoms with Crippen LogP contribution in [0, 0.1) is 5.92 Å². The zero-order chi connectivity index (χ0) is 9.84. The monoisotopic (exact) mass is 215 g/mol. The minimum atomic E-state index is 0.745. The van der Waals surface area contributed by atoms with Crippen molar-refractivity contribution in [1.82, 2.24) is 0 Å². The van der Waals surface area contributed by atoms with E-state index in [1.807, 2.05) is 18.2 Å². The lowest BCUT2D eigenvalue weighted by atomic mass is 9.97. The van der Waals surface area contributed by atoms with Crippen molar-refractivity contribution < 1.29 is 0 Å². The van der Waals surface area contributed by atoms with Gasteiger partial charge in [-0.1, -0.05) is 43.5 Å². The maximum atomic E-state index is 6.05. The van der Waals surface area contributed by atoms with Crippen LogP contribution in [0.5, 0.6) is 0 Å². The fraction of sp³-hybridized carbons (Fsp3) is 0.364. The molecule has 0 fully saturated rings. The smallest absolute Gasteiger partial charge is 0.0444 e. The summed E-state index contributed by atoms with van der Waals surface area (Å²) in [7, 11) is 0. The Bertz CT molecular complexity index is 281. The second-order valence-corrected chi connectivity index (χ2v) is 4.00. The van der Waals surface area contributed by atoms with E-state index < -0.39 is 0 Å². The summed E-state index contributed by atoms with van der Waals surface area (Å²) in [5.41, 5.74) is 1.08.